The van der Waals surface area contributed by atoms with Gasteiger partial charge in [0.2, 0.25) is 0 Å². The van der Waals surface area contributed by atoms with E-state index in [9.17, 15) is 18.0 Å². The van der Waals surface area contributed by atoms with E-state index in [1.165, 1.54) is 36.5 Å². The third kappa shape index (κ3) is 3.05. The number of para-hydroxylation sites is 1. The fourth-order valence-electron chi connectivity index (χ4n) is 1.91. The van der Waals surface area contributed by atoms with Gasteiger partial charge in [0, 0.05) is 0 Å². The van der Waals surface area contributed by atoms with Gasteiger partial charge >= 0.3 is 0 Å². The molecule has 0 radical (unpaired) electrons. The first kappa shape index (κ1) is 15.5. The highest BCUT2D eigenvalue weighted by Crippen LogP contribution is 2.15. The molecule has 9 heteroatoms. The number of aromatic nitrogens is 3. The maximum absolute atomic E-state index is 13.7. The van der Waals surface area contributed by atoms with Crippen LogP contribution in [0.1, 0.15) is 10.5 Å². The second-order valence-corrected chi connectivity index (χ2v) is 4.68. The quantitative estimate of drug-likeness (QED) is 0.720. The summed E-state index contributed by atoms with van der Waals surface area (Å²) in [5, 5.41) is 7.27. The molecule has 0 aliphatic carbocycles. The third-order valence-corrected chi connectivity index (χ3v) is 3.09. The van der Waals surface area contributed by atoms with E-state index in [-0.39, 0.29) is 17.1 Å². The number of carbonyl (C=O) groups excluding carboxylic acids is 1. The van der Waals surface area contributed by atoms with Gasteiger partial charge < -0.3 is 0 Å². The number of nitrogens with zero attached hydrogens (tertiary/aromatic N) is 3. The van der Waals surface area contributed by atoms with Gasteiger partial charge in [0.25, 0.3) is 5.91 Å². The molecule has 0 unspecified atom stereocenters. The number of rotatable bonds is 4. The van der Waals surface area contributed by atoms with Crippen LogP contribution in [0, 0.1) is 17.5 Å². The Morgan fingerprint density at radius 1 is 1.00 bits per heavy atom. The summed E-state index contributed by atoms with van der Waals surface area (Å²) in [5.74, 6) is -3.47. The molecule has 0 bridgehead atoms. The van der Waals surface area contributed by atoms with Gasteiger partial charge in [0.1, 0.15) is 11.5 Å². The zero-order valence-corrected chi connectivity index (χ0v) is 12.0. The zero-order chi connectivity index (χ0) is 17.1. The minimum atomic E-state index is -1.13. The molecule has 0 fully saturated rings. The van der Waals surface area contributed by atoms with Gasteiger partial charge in [-0.05, 0) is 24.3 Å². The Kier molecular flexibility index (Phi) is 4.15. The Morgan fingerprint density at radius 3 is 2.54 bits per heavy atom. The molecule has 0 aliphatic heterocycles. The van der Waals surface area contributed by atoms with Crippen molar-refractivity contribution in [3.8, 4) is 5.69 Å². The summed E-state index contributed by atoms with van der Waals surface area (Å²) >= 11 is 0. The molecule has 0 aliphatic rings. The molecule has 3 rings (SSSR count). The molecule has 122 valence electrons. The minimum Gasteiger partial charge on any atom is -0.295 e. The van der Waals surface area contributed by atoms with E-state index in [4.69, 9.17) is 0 Å². The Hall–Kier alpha value is -3.36. The van der Waals surface area contributed by atoms with Gasteiger partial charge in [-0.3, -0.25) is 15.6 Å². The molecule has 2 N–H and O–H groups in total. The van der Waals surface area contributed by atoms with Gasteiger partial charge in [0.05, 0.1) is 11.9 Å². The Morgan fingerprint density at radius 2 is 1.75 bits per heavy atom. The Labute approximate surface area is 133 Å². The van der Waals surface area contributed by atoms with Crippen LogP contribution in [-0.4, -0.2) is 20.9 Å². The van der Waals surface area contributed by atoms with Crippen molar-refractivity contribution in [2.45, 2.75) is 0 Å². The summed E-state index contributed by atoms with van der Waals surface area (Å²) < 4.78 is 41.3. The van der Waals surface area contributed by atoms with Gasteiger partial charge in [-0.15, -0.1) is 5.10 Å². The van der Waals surface area contributed by atoms with Crippen LogP contribution >= 0.6 is 0 Å². The lowest BCUT2D eigenvalue weighted by Gasteiger charge is -2.08. The first-order valence-electron chi connectivity index (χ1n) is 6.74. The van der Waals surface area contributed by atoms with E-state index in [0.717, 1.165) is 10.7 Å². The molecule has 1 heterocycles. The summed E-state index contributed by atoms with van der Waals surface area (Å²) in [6.45, 7) is 0. The minimum absolute atomic E-state index is 0.119. The van der Waals surface area contributed by atoms with E-state index >= 15 is 0 Å². The molecule has 1 aromatic heterocycles. The molecule has 3 aromatic rings. The lowest BCUT2D eigenvalue weighted by atomic mass is 10.3. The smallest absolute Gasteiger partial charge is 0.291 e. The Balaban J connectivity index is 1.73. The van der Waals surface area contributed by atoms with Crippen LogP contribution in [0.15, 0.2) is 48.7 Å². The average Bonchev–Trinajstić information content (AvgIpc) is 3.06. The van der Waals surface area contributed by atoms with E-state index in [0.29, 0.717) is 0 Å². The molecular weight excluding hydrogens is 323 g/mol. The number of anilines is 1. The summed E-state index contributed by atoms with van der Waals surface area (Å²) in [6, 6.07) is 9.30. The highest BCUT2D eigenvalue weighted by atomic mass is 19.2. The molecule has 24 heavy (non-hydrogen) atoms. The number of hydrazine groups is 1. The summed E-state index contributed by atoms with van der Waals surface area (Å²) in [5.41, 5.74) is 4.14. The van der Waals surface area contributed by atoms with Crippen LogP contribution in [0.4, 0.5) is 18.9 Å². The number of hydrogen-bond donors (Lipinski definition) is 2. The summed E-state index contributed by atoms with van der Waals surface area (Å²) in [6.07, 6.45) is 1.21. The van der Waals surface area contributed by atoms with Crippen molar-refractivity contribution in [3.63, 3.8) is 0 Å². The monoisotopic (exact) mass is 333 g/mol. The van der Waals surface area contributed by atoms with E-state index in [2.05, 4.69) is 21.2 Å². The highest BCUT2D eigenvalue weighted by molar-refractivity contribution is 5.92. The average molecular weight is 333 g/mol. The van der Waals surface area contributed by atoms with Gasteiger partial charge in [-0.25, -0.2) is 17.9 Å². The topological polar surface area (TPSA) is 71.8 Å². The molecular formula is C15H10F3N5O. The van der Waals surface area contributed by atoms with Crippen LogP contribution in [0.25, 0.3) is 5.69 Å². The molecule has 0 saturated heterocycles. The summed E-state index contributed by atoms with van der Waals surface area (Å²) in [7, 11) is 0. The normalized spacial score (nSPS) is 10.5. The van der Waals surface area contributed by atoms with Crippen LogP contribution < -0.4 is 10.9 Å². The number of carbonyl (C=O) groups is 1. The van der Waals surface area contributed by atoms with E-state index in [1.807, 2.05) is 0 Å². The molecule has 0 spiro atoms. The zero-order valence-electron chi connectivity index (χ0n) is 12.0. The predicted molar refractivity (Wildman–Crippen MR) is 78.8 cm³/mol. The fourth-order valence-corrected chi connectivity index (χ4v) is 1.91. The molecule has 0 saturated carbocycles. The van der Waals surface area contributed by atoms with Gasteiger partial charge in [-0.2, -0.15) is 0 Å². The second kappa shape index (κ2) is 6.41. The van der Waals surface area contributed by atoms with Crippen LogP contribution in [0.5, 0.6) is 0 Å². The first-order valence-corrected chi connectivity index (χ1v) is 6.74. The molecule has 1 amide bonds. The maximum atomic E-state index is 13.7. The van der Waals surface area contributed by atoms with Crippen molar-refractivity contribution in [2.75, 3.05) is 5.43 Å². The maximum Gasteiger partial charge on any atom is 0.291 e. The van der Waals surface area contributed by atoms with Crippen molar-refractivity contribution < 1.29 is 18.0 Å². The van der Waals surface area contributed by atoms with Gasteiger partial charge in [0.15, 0.2) is 17.3 Å². The van der Waals surface area contributed by atoms with Crippen molar-refractivity contribution in [1.82, 2.24) is 20.4 Å². The van der Waals surface area contributed by atoms with Crippen LogP contribution in [0.3, 0.4) is 0 Å². The number of hydrogen-bond acceptors (Lipinski definition) is 4. The first-order chi connectivity index (χ1) is 11.6. The molecule has 2 aromatic carbocycles. The lowest BCUT2D eigenvalue weighted by molar-refractivity contribution is 0.0957. The predicted octanol–water partition coefficient (Wildman–Crippen LogP) is 2.44. The van der Waals surface area contributed by atoms with Crippen molar-refractivity contribution in [1.29, 1.82) is 0 Å². The Bertz CT molecular complexity index is 896. The number of amides is 1. The number of halogens is 3. The van der Waals surface area contributed by atoms with Crippen molar-refractivity contribution >= 4 is 11.6 Å². The lowest BCUT2D eigenvalue weighted by Crippen LogP contribution is -2.30. The molecule has 6 nitrogen and oxygen atoms in total. The van der Waals surface area contributed by atoms with Gasteiger partial charge in [-0.1, -0.05) is 23.4 Å². The highest BCUT2D eigenvalue weighted by Gasteiger charge is 2.14. The largest absolute Gasteiger partial charge is 0.295 e. The van der Waals surface area contributed by atoms with E-state index in [1.54, 1.807) is 6.07 Å². The molecule has 0 atom stereocenters. The SMILES string of the molecule is O=C(NNc1cccc(F)c1F)c1cn(-c2ccccc2F)nn1. The van der Waals surface area contributed by atoms with E-state index < -0.39 is 23.4 Å². The van der Waals surface area contributed by atoms with Crippen molar-refractivity contribution in [3.05, 3.63) is 71.8 Å². The fraction of sp³-hybridized carbons (Fsp3) is 0. The van der Waals surface area contributed by atoms with Crippen molar-refractivity contribution in [2.24, 2.45) is 0 Å². The van der Waals surface area contributed by atoms with Crippen LogP contribution in [0.2, 0.25) is 0 Å². The standard InChI is InChI=1S/C15H10F3N5O/c16-9-4-1-2-7-13(9)23-8-12(20-22-23)15(24)21-19-11-6-3-5-10(17)14(11)18/h1-8,19H,(H,21,24). The summed E-state index contributed by atoms with van der Waals surface area (Å²) in [4.78, 5) is 11.9. The number of nitrogens with one attached hydrogen (secondary N) is 2. The second-order valence-electron chi connectivity index (χ2n) is 4.68. The van der Waals surface area contributed by atoms with Crippen LogP contribution in [-0.2, 0) is 0 Å². The third-order valence-electron chi connectivity index (χ3n) is 3.09. The number of benzene rings is 2.